The van der Waals surface area contributed by atoms with E-state index >= 15 is 0 Å². The van der Waals surface area contributed by atoms with E-state index in [1.54, 1.807) is 0 Å². The van der Waals surface area contributed by atoms with E-state index in [9.17, 15) is 26.4 Å². The van der Waals surface area contributed by atoms with Crippen molar-refractivity contribution in [2.45, 2.75) is 31.7 Å². The molecule has 2 rings (SSSR count). The molecule has 0 radical (unpaired) electrons. The molecule has 1 aliphatic carbocycles. The van der Waals surface area contributed by atoms with Gasteiger partial charge in [0.25, 0.3) is 5.92 Å². The Kier molecular flexibility index (Phi) is 5.54. The number of aliphatic carboxylic acids is 1. The average molecular weight is 365 g/mol. The van der Waals surface area contributed by atoms with Gasteiger partial charge in [-0.25, -0.2) is 21.6 Å². The van der Waals surface area contributed by atoms with Crippen molar-refractivity contribution in [3.8, 4) is 0 Å². The Morgan fingerprint density at radius 2 is 1.92 bits per heavy atom. The lowest BCUT2D eigenvalue weighted by Crippen LogP contribution is -2.40. The SMILES string of the molecule is O=C(O)CN(Cc1ccc(F)cc1)S(=O)(=O)CC1CCCC1(F)F. The number of rotatable bonds is 7. The third kappa shape index (κ3) is 4.70. The first kappa shape index (κ1) is 18.7. The average Bonchev–Trinajstić information content (AvgIpc) is 2.78. The molecule has 5 nitrogen and oxygen atoms in total. The summed E-state index contributed by atoms with van der Waals surface area (Å²) < 4.78 is 65.8. The van der Waals surface area contributed by atoms with Crippen LogP contribution in [0.4, 0.5) is 13.2 Å². The molecule has 1 N–H and O–H groups in total. The highest BCUT2D eigenvalue weighted by atomic mass is 32.2. The lowest BCUT2D eigenvalue weighted by molar-refractivity contribution is -0.137. The maximum atomic E-state index is 13.7. The fraction of sp³-hybridized carbons (Fsp3) is 0.533. The summed E-state index contributed by atoms with van der Waals surface area (Å²) in [5, 5.41) is 8.92. The van der Waals surface area contributed by atoms with Crippen molar-refractivity contribution >= 4 is 16.0 Å². The second kappa shape index (κ2) is 7.10. The van der Waals surface area contributed by atoms with E-state index in [0.29, 0.717) is 9.87 Å². The maximum absolute atomic E-state index is 13.7. The van der Waals surface area contributed by atoms with E-state index in [1.807, 2.05) is 0 Å². The highest BCUT2D eigenvalue weighted by Crippen LogP contribution is 2.41. The van der Waals surface area contributed by atoms with Gasteiger partial charge in [-0.2, -0.15) is 4.31 Å². The van der Waals surface area contributed by atoms with Gasteiger partial charge in [0, 0.05) is 18.9 Å². The Morgan fingerprint density at radius 3 is 2.42 bits per heavy atom. The fourth-order valence-corrected chi connectivity index (χ4v) is 4.54. The van der Waals surface area contributed by atoms with Crippen LogP contribution in [0, 0.1) is 11.7 Å². The predicted molar refractivity (Wildman–Crippen MR) is 80.5 cm³/mol. The van der Waals surface area contributed by atoms with Gasteiger partial charge in [-0.05, 0) is 30.5 Å². The van der Waals surface area contributed by atoms with Crippen LogP contribution in [0.25, 0.3) is 0 Å². The summed E-state index contributed by atoms with van der Waals surface area (Å²) in [6.07, 6.45) is -0.0299. The van der Waals surface area contributed by atoms with E-state index in [1.165, 1.54) is 12.1 Å². The number of sulfonamides is 1. The Labute approximate surface area is 138 Å². The van der Waals surface area contributed by atoms with Gasteiger partial charge in [-0.3, -0.25) is 4.79 Å². The van der Waals surface area contributed by atoms with Crippen molar-refractivity contribution in [2.75, 3.05) is 12.3 Å². The molecule has 0 saturated heterocycles. The van der Waals surface area contributed by atoms with Gasteiger partial charge in [-0.15, -0.1) is 0 Å². The zero-order valence-electron chi connectivity index (χ0n) is 12.8. The molecule has 0 aliphatic heterocycles. The number of carbonyl (C=O) groups is 1. The molecule has 24 heavy (non-hydrogen) atoms. The first-order valence-electron chi connectivity index (χ1n) is 7.42. The molecule has 0 amide bonds. The highest BCUT2D eigenvalue weighted by Gasteiger charge is 2.46. The van der Waals surface area contributed by atoms with Crippen LogP contribution < -0.4 is 0 Å². The molecule has 1 fully saturated rings. The number of hydrogen-bond acceptors (Lipinski definition) is 3. The monoisotopic (exact) mass is 365 g/mol. The molecular weight excluding hydrogens is 347 g/mol. The first-order chi connectivity index (χ1) is 11.1. The molecule has 1 aromatic rings. The van der Waals surface area contributed by atoms with Crippen molar-refractivity contribution in [2.24, 2.45) is 5.92 Å². The van der Waals surface area contributed by atoms with Gasteiger partial charge in [0.2, 0.25) is 10.0 Å². The van der Waals surface area contributed by atoms with Gasteiger partial charge < -0.3 is 5.11 Å². The predicted octanol–water partition coefficient (Wildman–Crippen LogP) is 2.48. The third-order valence-electron chi connectivity index (χ3n) is 4.05. The van der Waals surface area contributed by atoms with Gasteiger partial charge in [0.05, 0.1) is 5.75 Å². The minimum Gasteiger partial charge on any atom is -0.480 e. The largest absolute Gasteiger partial charge is 0.480 e. The standard InChI is InChI=1S/C15H18F3NO4S/c16-13-5-3-11(4-6-13)8-19(9-14(20)21)24(22,23)10-12-2-1-7-15(12,17)18/h3-6,12H,1-2,7-10H2,(H,20,21). The molecule has 0 aromatic heterocycles. The molecule has 134 valence electrons. The topological polar surface area (TPSA) is 74.7 Å². The molecule has 1 unspecified atom stereocenters. The van der Waals surface area contributed by atoms with Crippen LogP contribution in [0.3, 0.4) is 0 Å². The smallest absolute Gasteiger partial charge is 0.318 e. The zero-order valence-corrected chi connectivity index (χ0v) is 13.6. The molecule has 0 heterocycles. The van der Waals surface area contributed by atoms with Crippen molar-refractivity contribution in [3.05, 3.63) is 35.6 Å². The van der Waals surface area contributed by atoms with Gasteiger partial charge in [0.15, 0.2) is 0 Å². The number of benzene rings is 1. The van der Waals surface area contributed by atoms with Crippen LogP contribution >= 0.6 is 0 Å². The number of alkyl halides is 2. The van der Waals surface area contributed by atoms with E-state index < -0.39 is 45.9 Å². The number of carboxylic acid groups (broad SMARTS) is 1. The van der Waals surface area contributed by atoms with Crippen molar-refractivity contribution in [1.82, 2.24) is 4.31 Å². The summed E-state index contributed by atoms with van der Waals surface area (Å²) in [5.74, 6) is -7.07. The van der Waals surface area contributed by atoms with Crippen LogP contribution in [0.5, 0.6) is 0 Å². The molecule has 1 aromatic carbocycles. The van der Waals surface area contributed by atoms with Gasteiger partial charge in [0.1, 0.15) is 12.4 Å². The number of hydrogen-bond donors (Lipinski definition) is 1. The molecule has 1 saturated carbocycles. The van der Waals surface area contributed by atoms with E-state index in [4.69, 9.17) is 5.11 Å². The fourth-order valence-electron chi connectivity index (χ4n) is 2.76. The lowest BCUT2D eigenvalue weighted by atomic mass is 10.1. The quantitative estimate of drug-likeness (QED) is 0.806. The number of halogens is 3. The first-order valence-corrected chi connectivity index (χ1v) is 9.03. The van der Waals surface area contributed by atoms with Crippen molar-refractivity contribution < 1.29 is 31.5 Å². The Balaban J connectivity index is 2.18. The number of carboxylic acids is 1. The summed E-state index contributed by atoms with van der Waals surface area (Å²) in [6.45, 7) is -1.15. The molecule has 9 heteroatoms. The Morgan fingerprint density at radius 1 is 1.29 bits per heavy atom. The number of nitrogens with zero attached hydrogens (tertiary/aromatic N) is 1. The summed E-state index contributed by atoms with van der Waals surface area (Å²) >= 11 is 0. The lowest BCUT2D eigenvalue weighted by Gasteiger charge is -2.25. The van der Waals surface area contributed by atoms with Gasteiger partial charge >= 0.3 is 5.97 Å². The van der Waals surface area contributed by atoms with Gasteiger partial charge in [-0.1, -0.05) is 12.1 Å². The second-order valence-corrected chi connectivity index (χ2v) is 7.93. The van der Waals surface area contributed by atoms with Crippen molar-refractivity contribution in [1.29, 1.82) is 0 Å². The molecule has 0 bridgehead atoms. The van der Waals surface area contributed by atoms with Crippen LogP contribution in [0.2, 0.25) is 0 Å². The summed E-state index contributed by atoms with van der Waals surface area (Å²) in [5.41, 5.74) is 0.374. The second-order valence-electron chi connectivity index (χ2n) is 5.92. The minimum absolute atomic E-state index is 0.0870. The van der Waals surface area contributed by atoms with E-state index in [0.717, 1.165) is 12.1 Å². The van der Waals surface area contributed by atoms with E-state index in [2.05, 4.69) is 0 Å². The molecule has 1 atom stereocenters. The molecular formula is C15H18F3NO4S. The van der Waals surface area contributed by atoms with Crippen LogP contribution in [0.15, 0.2) is 24.3 Å². The minimum atomic E-state index is -4.20. The van der Waals surface area contributed by atoms with Crippen LogP contribution in [0.1, 0.15) is 24.8 Å². The summed E-state index contributed by atoms with van der Waals surface area (Å²) in [7, 11) is -4.20. The normalized spacial score (nSPS) is 20.4. The van der Waals surface area contributed by atoms with Crippen LogP contribution in [-0.2, 0) is 21.4 Å². The molecule has 1 aliphatic rings. The molecule has 0 spiro atoms. The zero-order chi connectivity index (χ0) is 18.0. The summed E-state index contributed by atoms with van der Waals surface area (Å²) in [6, 6.07) is 4.88. The highest BCUT2D eigenvalue weighted by molar-refractivity contribution is 7.89. The maximum Gasteiger partial charge on any atom is 0.318 e. The summed E-state index contributed by atoms with van der Waals surface area (Å²) in [4.78, 5) is 11.0. The van der Waals surface area contributed by atoms with E-state index in [-0.39, 0.29) is 25.8 Å². The Bertz CT molecular complexity index is 691. The van der Waals surface area contributed by atoms with Crippen molar-refractivity contribution in [3.63, 3.8) is 0 Å². The third-order valence-corrected chi connectivity index (χ3v) is 5.92. The Hall–Kier alpha value is -1.61. The van der Waals surface area contributed by atoms with Crippen LogP contribution in [-0.4, -0.2) is 42.0 Å².